The van der Waals surface area contributed by atoms with Gasteiger partial charge < -0.3 is 18.3 Å². The fourth-order valence-corrected chi connectivity index (χ4v) is 13.4. The normalized spacial score (nSPS) is 15.1. The number of alkyl halides is 24. The molecular weight excluding hydrogens is 1320 g/mol. The zero-order valence-electron chi connectivity index (χ0n) is 45.5. The van der Waals surface area contributed by atoms with E-state index in [1.807, 2.05) is 0 Å². The smallest absolute Gasteiger partial charge is 0.306 e. The van der Waals surface area contributed by atoms with Crippen LogP contribution in [0.5, 0.6) is 0 Å². The van der Waals surface area contributed by atoms with E-state index in [9.17, 15) is 0 Å². The Kier molecular flexibility index (Phi) is 13.0. The molecule has 2 aliphatic carbocycles. The van der Waals surface area contributed by atoms with Gasteiger partial charge in [0, 0.05) is 43.5 Å². The van der Waals surface area contributed by atoms with Crippen LogP contribution in [0.2, 0.25) is 0 Å². The van der Waals surface area contributed by atoms with Crippen molar-refractivity contribution < 1.29 is 105 Å². The highest BCUT2D eigenvalue weighted by atomic mass is 32.1. The highest BCUT2D eigenvalue weighted by molar-refractivity contribution is 7.00. The minimum Gasteiger partial charge on any atom is -0.306 e. The summed E-state index contributed by atoms with van der Waals surface area (Å²) in [4.78, 5) is 0. The molecule has 0 amide bonds. The lowest BCUT2D eigenvalue weighted by Gasteiger charge is -2.28. The Bertz CT molecular complexity index is 5000. The molecule has 0 atom stereocenters. The molecule has 93 heavy (non-hydrogen) atoms. The average Bonchev–Trinajstić information content (AvgIpc) is 1.56. The molecule has 0 bridgehead atoms. The fourth-order valence-electron chi connectivity index (χ4n) is 12.9. The predicted molar refractivity (Wildman–Crippen MR) is 294 cm³/mol. The van der Waals surface area contributed by atoms with Gasteiger partial charge in [0.15, 0.2) is 0 Å². The van der Waals surface area contributed by atoms with Crippen molar-refractivity contribution in [2.45, 2.75) is 75.1 Å². The van der Waals surface area contributed by atoms with Gasteiger partial charge >= 0.3 is 49.4 Å². The summed E-state index contributed by atoms with van der Waals surface area (Å²) in [5.41, 5.74) is -26.1. The molecule has 2 aliphatic rings. The molecule has 5 aromatic heterocycles. The van der Waals surface area contributed by atoms with Crippen LogP contribution in [0, 0.1) is 0 Å². The van der Waals surface area contributed by atoms with Crippen molar-refractivity contribution in [2.24, 2.45) is 0 Å². The van der Waals surface area contributed by atoms with Crippen LogP contribution >= 0.6 is 11.7 Å². The van der Waals surface area contributed by atoms with Gasteiger partial charge in [-0.2, -0.15) is 114 Å². The van der Waals surface area contributed by atoms with Crippen LogP contribution in [0.15, 0.2) is 120 Å². The molecule has 0 unspecified atom stereocenters. The second-order valence-corrected chi connectivity index (χ2v) is 22.7. The van der Waals surface area contributed by atoms with Crippen LogP contribution in [0.3, 0.4) is 0 Å². The zero-order valence-corrected chi connectivity index (χ0v) is 46.4. The van der Waals surface area contributed by atoms with E-state index in [0.717, 1.165) is 36.4 Å². The number of hydrogen-bond acceptors (Lipinski definition) is 3. The Balaban J connectivity index is 1.38. The molecule has 0 radical (unpaired) electrons. The van der Waals surface area contributed by atoms with E-state index < -0.39 is 230 Å². The van der Waals surface area contributed by atoms with Crippen molar-refractivity contribution in [3.63, 3.8) is 0 Å². The molecule has 0 saturated heterocycles. The van der Waals surface area contributed by atoms with Crippen LogP contribution < -0.4 is 0 Å². The molecule has 0 aliphatic heterocycles. The van der Waals surface area contributed by atoms with E-state index in [4.69, 9.17) is 0 Å². The van der Waals surface area contributed by atoms with Crippen molar-refractivity contribution in [3.05, 3.63) is 176 Å². The Morgan fingerprint density at radius 3 is 0.720 bits per heavy atom. The first-order chi connectivity index (χ1) is 43.2. The fraction of sp³-hybridized carbons (Fsp3) is 0.194. The van der Waals surface area contributed by atoms with Gasteiger partial charge in [-0.15, -0.1) is 0 Å². The summed E-state index contributed by atoms with van der Waals surface area (Å²) in [6, 6.07) is 8.98. The van der Waals surface area contributed by atoms with Gasteiger partial charge in [0.2, 0.25) is 0 Å². The lowest BCUT2D eigenvalue weighted by Crippen LogP contribution is -2.19. The first-order valence-electron chi connectivity index (χ1n) is 27.0. The number of rotatable bonds is 4. The van der Waals surface area contributed by atoms with Gasteiger partial charge in [-0.05, 0) is 122 Å². The minimum absolute atomic E-state index is 0.0444. The predicted octanol–water partition coefficient (Wildman–Crippen LogP) is 21.7. The molecule has 480 valence electrons. The highest BCUT2D eigenvalue weighted by Crippen LogP contribution is 2.54. The van der Waals surface area contributed by atoms with E-state index in [0.29, 0.717) is 103 Å². The third-order valence-corrected chi connectivity index (χ3v) is 17.4. The van der Waals surface area contributed by atoms with Crippen molar-refractivity contribution in [2.75, 3.05) is 0 Å². The lowest BCUT2D eigenvalue weighted by molar-refractivity contribution is -0.138. The van der Waals surface area contributed by atoms with Gasteiger partial charge in [0.25, 0.3) is 0 Å². The zero-order chi connectivity index (χ0) is 66.7. The van der Waals surface area contributed by atoms with Gasteiger partial charge in [0.05, 0.1) is 101 Å². The monoisotopic (exact) mass is 1340 g/mol. The standard InChI is InChI=1S/C62H28F24N6S/c63-55(64,65)25-1-9-33-34-10-2-26(56(66,67)68)18-42(34)89(41(33)17-25)51-49-50(88-93-87-49)52(90-43-19-27(57(69,70)71)3-11-35(43)36-12-4-28(20-44(36)90)58(72,73)74)54(92-47-23-31(61(81,82)83)7-15-39(47)40-16-8-32(24-48(40)92)62(84,85)86)53(51)91-45-21-29(59(75,76)77)5-13-37(45)38-14-6-30(22-46(38)91)60(78,79)80/h1-2,5-10,13-24H,3-4,11-12H2. The maximum Gasteiger partial charge on any atom is 0.416 e. The number of allylic oxidation sites excluding steroid dienone is 2. The summed E-state index contributed by atoms with van der Waals surface area (Å²) in [7, 11) is 0. The van der Waals surface area contributed by atoms with Gasteiger partial charge in [-0.25, -0.2) is 0 Å². The molecule has 14 rings (SSSR count). The van der Waals surface area contributed by atoms with Crippen molar-refractivity contribution in [3.8, 4) is 22.7 Å². The SMILES string of the molecule is FC(F)(F)C1=Cc2c(c3c(n2-c2c(-n4c5cc(C(F)(F)F)ccc5c5ccc(C(F)(F)F)cc54)c(-n4c5cc(C(F)(F)F)ccc5c5ccc(C(F)(F)F)cc54)c(-n4c5cc(C(F)(F)F)ccc5c5ccc(C(F)(F)F)cc54)c4nsnc24)C=C(C(F)(F)F)CC3)CC1. The summed E-state index contributed by atoms with van der Waals surface area (Å²) in [5.74, 6) is 0. The quantitative estimate of drug-likeness (QED) is 0.165. The topological polar surface area (TPSA) is 45.5 Å². The first-order valence-corrected chi connectivity index (χ1v) is 27.8. The lowest BCUT2D eigenvalue weighted by atomic mass is 9.89. The van der Waals surface area contributed by atoms with Crippen LogP contribution in [-0.2, 0) is 49.9 Å². The molecule has 0 N–H and O–H groups in total. The molecule has 5 heterocycles. The van der Waals surface area contributed by atoms with E-state index in [2.05, 4.69) is 8.75 Å². The molecule has 0 spiro atoms. The molecular formula is C62H28F24N6S. The van der Waals surface area contributed by atoms with E-state index in [1.165, 1.54) is 0 Å². The Morgan fingerprint density at radius 1 is 0.269 bits per heavy atom. The molecule has 6 nitrogen and oxygen atoms in total. The molecule has 12 aromatic rings. The Labute approximate surface area is 505 Å². The van der Waals surface area contributed by atoms with Gasteiger partial charge in [-0.3, -0.25) is 0 Å². The van der Waals surface area contributed by atoms with Crippen molar-refractivity contribution >= 4 is 100 Å². The van der Waals surface area contributed by atoms with E-state index in [-0.39, 0.29) is 22.9 Å². The maximum atomic E-state index is 15.4. The van der Waals surface area contributed by atoms with Crippen molar-refractivity contribution in [1.29, 1.82) is 0 Å². The van der Waals surface area contributed by atoms with Crippen LogP contribution in [-0.4, -0.2) is 39.4 Å². The Hall–Kier alpha value is -9.16. The summed E-state index contributed by atoms with van der Waals surface area (Å²) in [6.45, 7) is 0. The van der Waals surface area contributed by atoms with Crippen LogP contribution in [0.4, 0.5) is 105 Å². The minimum atomic E-state index is -5.45. The summed E-state index contributed by atoms with van der Waals surface area (Å²) in [5, 5.41) is -2.78. The highest BCUT2D eigenvalue weighted by Gasteiger charge is 2.45. The third-order valence-electron chi connectivity index (χ3n) is 16.9. The second-order valence-electron chi connectivity index (χ2n) is 22.1. The van der Waals surface area contributed by atoms with Crippen LogP contribution in [0.25, 0.3) is 111 Å². The number of halogens is 24. The number of aromatic nitrogens is 6. The summed E-state index contributed by atoms with van der Waals surface area (Å²) >= 11 is 0.0444. The van der Waals surface area contributed by atoms with E-state index in [1.54, 1.807) is 0 Å². The molecule has 0 fully saturated rings. The third kappa shape index (κ3) is 9.65. The molecule has 31 heteroatoms. The largest absolute Gasteiger partial charge is 0.416 e. The Morgan fingerprint density at radius 2 is 0.495 bits per heavy atom. The molecule has 0 saturated carbocycles. The molecule has 7 aromatic carbocycles. The van der Waals surface area contributed by atoms with E-state index >= 15 is 105 Å². The number of benzene rings is 7. The number of fused-ring (bicyclic) bond motifs is 13. The summed E-state index contributed by atoms with van der Waals surface area (Å²) in [6.07, 6.45) is -45.3. The van der Waals surface area contributed by atoms with Crippen molar-refractivity contribution in [1.82, 2.24) is 27.0 Å². The number of nitrogens with zero attached hydrogens (tertiary/aromatic N) is 6. The maximum absolute atomic E-state index is 15.4. The van der Waals surface area contributed by atoms with Crippen LogP contribution in [0.1, 0.15) is 68.7 Å². The summed E-state index contributed by atoms with van der Waals surface area (Å²) < 4.78 is 379. The van der Waals surface area contributed by atoms with Gasteiger partial charge in [0.1, 0.15) is 22.4 Å². The van der Waals surface area contributed by atoms with Gasteiger partial charge in [-0.1, -0.05) is 36.4 Å². The second kappa shape index (κ2) is 19.7. The first kappa shape index (κ1) is 61.4. The average molecular weight is 1340 g/mol. The number of hydrogen-bond donors (Lipinski definition) is 0.